The van der Waals surface area contributed by atoms with Crippen molar-refractivity contribution in [3.05, 3.63) is 42.6 Å². The van der Waals surface area contributed by atoms with Gasteiger partial charge in [-0.2, -0.15) is 11.8 Å². The molecule has 3 rings (SSSR count). The Morgan fingerprint density at radius 1 is 1.15 bits per heavy atom. The van der Waals surface area contributed by atoms with Crippen LogP contribution in [0.2, 0.25) is 0 Å². The largest absolute Gasteiger partial charge is 0.369 e. The van der Waals surface area contributed by atoms with Gasteiger partial charge in [-0.25, -0.2) is 9.97 Å². The van der Waals surface area contributed by atoms with E-state index >= 15 is 0 Å². The Hall–Kier alpha value is -2.01. The van der Waals surface area contributed by atoms with Crippen LogP contribution >= 0.6 is 11.8 Å². The van der Waals surface area contributed by atoms with E-state index in [1.54, 1.807) is 0 Å². The van der Waals surface area contributed by atoms with Crippen LogP contribution in [0.1, 0.15) is 0 Å². The second-order valence-corrected chi connectivity index (χ2v) is 5.40. The molecule has 0 spiro atoms. The molecule has 0 aliphatic heterocycles. The van der Waals surface area contributed by atoms with Crippen LogP contribution in [0.15, 0.2) is 42.6 Å². The summed E-state index contributed by atoms with van der Waals surface area (Å²) in [5, 5.41) is 4.46. The molecule has 4 nitrogen and oxygen atoms in total. The molecule has 0 aliphatic rings. The first-order valence-electron chi connectivity index (χ1n) is 6.52. The Morgan fingerprint density at radius 2 is 2.05 bits per heavy atom. The Balaban J connectivity index is 2.05. The maximum Gasteiger partial charge on any atom is 0.178 e. The Kier molecular flexibility index (Phi) is 3.87. The third kappa shape index (κ3) is 2.63. The second-order valence-electron chi connectivity index (χ2n) is 4.42. The topological polar surface area (TPSA) is 53.6 Å². The summed E-state index contributed by atoms with van der Waals surface area (Å²) in [6, 6.07) is 12.0. The predicted molar refractivity (Wildman–Crippen MR) is 86.2 cm³/mol. The SMILES string of the molecule is CSCCNc1nc(-c2ccc[nH]2)nc2ccccc12. The molecule has 2 heterocycles. The van der Waals surface area contributed by atoms with E-state index < -0.39 is 0 Å². The van der Waals surface area contributed by atoms with E-state index in [0.717, 1.165) is 40.5 Å². The first kappa shape index (κ1) is 13.0. The van der Waals surface area contributed by atoms with E-state index in [1.165, 1.54) is 0 Å². The standard InChI is InChI=1S/C15H16N4S/c1-20-10-9-17-14-11-5-2-3-6-12(11)18-15(19-14)13-7-4-8-16-13/h2-8,16H,9-10H2,1H3,(H,17,18,19). The van der Waals surface area contributed by atoms with Crippen LogP contribution in [0.4, 0.5) is 5.82 Å². The third-order valence-electron chi connectivity index (χ3n) is 3.04. The number of para-hydroxylation sites is 1. The molecule has 0 bridgehead atoms. The Labute approximate surface area is 122 Å². The van der Waals surface area contributed by atoms with E-state index in [1.807, 2.05) is 48.3 Å². The van der Waals surface area contributed by atoms with Gasteiger partial charge in [-0.1, -0.05) is 12.1 Å². The van der Waals surface area contributed by atoms with Gasteiger partial charge in [0.05, 0.1) is 11.2 Å². The lowest BCUT2D eigenvalue weighted by atomic mass is 10.2. The van der Waals surface area contributed by atoms with Crippen molar-refractivity contribution < 1.29 is 0 Å². The number of aromatic amines is 1. The monoisotopic (exact) mass is 284 g/mol. The molecule has 0 fully saturated rings. The van der Waals surface area contributed by atoms with Gasteiger partial charge >= 0.3 is 0 Å². The van der Waals surface area contributed by atoms with Crippen molar-refractivity contribution in [1.82, 2.24) is 15.0 Å². The van der Waals surface area contributed by atoms with Gasteiger partial charge in [-0.05, 0) is 30.5 Å². The summed E-state index contributed by atoms with van der Waals surface area (Å²) < 4.78 is 0. The molecule has 0 atom stereocenters. The van der Waals surface area contributed by atoms with E-state index in [2.05, 4.69) is 32.6 Å². The number of H-pyrrole nitrogens is 1. The van der Waals surface area contributed by atoms with Crippen molar-refractivity contribution in [2.75, 3.05) is 23.9 Å². The molecule has 0 amide bonds. The van der Waals surface area contributed by atoms with Crippen LogP contribution in [-0.2, 0) is 0 Å². The highest BCUT2D eigenvalue weighted by Gasteiger charge is 2.09. The molecule has 1 aromatic carbocycles. The number of nitrogens with zero attached hydrogens (tertiary/aromatic N) is 2. The van der Waals surface area contributed by atoms with Crippen molar-refractivity contribution in [3.8, 4) is 11.5 Å². The number of aromatic nitrogens is 3. The molecule has 0 radical (unpaired) electrons. The summed E-state index contributed by atoms with van der Waals surface area (Å²) in [5.74, 6) is 2.67. The van der Waals surface area contributed by atoms with E-state index in [9.17, 15) is 0 Å². The van der Waals surface area contributed by atoms with Gasteiger partial charge in [-0.15, -0.1) is 0 Å². The number of hydrogen-bond donors (Lipinski definition) is 2. The van der Waals surface area contributed by atoms with Crippen LogP contribution in [-0.4, -0.2) is 33.5 Å². The second kappa shape index (κ2) is 5.96. The highest BCUT2D eigenvalue weighted by atomic mass is 32.2. The molecular weight excluding hydrogens is 268 g/mol. The van der Waals surface area contributed by atoms with Crippen LogP contribution in [0.3, 0.4) is 0 Å². The molecule has 0 aliphatic carbocycles. The number of hydrogen-bond acceptors (Lipinski definition) is 4. The average molecular weight is 284 g/mol. The van der Waals surface area contributed by atoms with Crippen LogP contribution in [0, 0.1) is 0 Å². The maximum absolute atomic E-state index is 4.65. The minimum atomic E-state index is 0.723. The van der Waals surface area contributed by atoms with Crippen LogP contribution in [0.5, 0.6) is 0 Å². The minimum absolute atomic E-state index is 0.723. The van der Waals surface area contributed by atoms with Gasteiger partial charge < -0.3 is 10.3 Å². The van der Waals surface area contributed by atoms with Crippen LogP contribution < -0.4 is 5.32 Å². The quantitative estimate of drug-likeness (QED) is 0.705. The van der Waals surface area contributed by atoms with Crippen LogP contribution in [0.25, 0.3) is 22.4 Å². The molecule has 2 N–H and O–H groups in total. The van der Waals surface area contributed by atoms with Gasteiger partial charge in [0.2, 0.25) is 0 Å². The molecule has 102 valence electrons. The third-order valence-corrected chi connectivity index (χ3v) is 3.65. The fraction of sp³-hybridized carbons (Fsp3) is 0.200. The number of benzene rings is 1. The predicted octanol–water partition coefficient (Wildman–Crippen LogP) is 3.40. The molecule has 3 aromatic rings. The molecule has 20 heavy (non-hydrogen) atoms. The van der Waals surface area contributed by atoms with Gasteiger partial charge in [-0.3, -0.25) is 0 Å². The molecule has 2 aromatic heterocycles. The van der Waals surface area contributed by atoms with Crippen molar-refractivity contribution in [2.45, 2.75) is 0 Å². The maximum atomic E-state index is 4.65. The minimum Gasteiger partial charge on any atom is -0.369 e. The number of thioether (sulfide) groups is 1. The molecular formula is C15H16N4S. The zero-order chi connectivity index (χ0) is 13.8. The van der Waals surface area contributed by atoms with E-state index in [4.69, 9.17) is 0 Å². The fourth-order valence-electron chi connectivity index (χ4n) is 2.07. The summed E-state index contributed by atoms with van der Waals surface area (Å²) in [5.41, 5.74) is 1.89. The first-order chi connectivity index (χ1) is 9.88. The molecule has 5 heteroatoms. The van der Waals surface area contributed by atoms with Crippen molar-refractivity contribution in [1.29, 1.82) is 0 Å². The zero-order valence-corrected chi connectivity index (χ0v) is 12.1. The summed E-state index contributed by atoms with van der Waals surface area (Å²) in [6.07, 6.45) is 3.98. The summed E-state index contributed by atoms with van der Waals surface area (Å²) >= 11 is 1.82. The highest BCUT2D eigenvalue weighted by molar-refractivity contribution is 7.98. The lowest BCUT2D eigenvalue weighted by Gasteiger charge is -2.09. The normalized spacial score (nSPS) is 10.8. The smallest absolute Gasteiger partial charge is 0.178 e. The Bertz CT molecular complexity index is 694. The van der Waals surface area contributed by atoms with E-state index in [0.29, 0.717) is 0 Å². The van der Waals surface area contributed by atoms with Gasteiger partial charge in [0.25, 0.3) is 0 Å². The number of nitrogens with one attached hydrogen (secondary N) is 2. The number of rotatable bonds is 5. The lowest BCUT2D eigenvalue weighted by molar-refractivity contribution is 1.14. The van der Waals surface area contributed by atoms with Gasteiger partial charge in [0.15, 0.2) is 5.82 Å². The van der Waals surface area contributed by atoms with Crippen molar-refractivity contribution in [2.24, 2.45) is 0 Å². The van der Waals surface area contributed by atoms with Gasteiger partial charge in [0, 0.05) is 23.9 Å². The Morgan fingerprint density at radius 3 is 2.85 bits per heavy atom. The highest BCUT2D eigenvalue weighted by Crippen LogP contribution is 2.23. The summed E-state index contributed by atoms with van der Waals surface area (Å²) in [7, 11) is 0. The number of anilines is 1. The van der Waals surface area contributed by atoms with Crippen molar-refractivity contribution in [3.63, 3.8) is 0 Å². The van der Waals surface area contributed by atoms with Crippen molar-refractivity contribution >= 4 is 28.5 Å². The summed E-state index contributed by atoms with van der Waals surface area (Å²) in [6.45, 7) is 0.895. The molecule has 0 saturated heterocycles. The first-order valence-corrected chi connectivity index (χ1v) is 7.91. The number of fused-ring (bicyclic) bond motifs is 1. The summed E-state index contributed by atoms with van der Waals surface area (Å²) in [4.78, 5) is 12.4. The lowest BCUT2D eigenvalue weighted by Crippen LogP contribution is -2.07. The molecule has 0 saturated carbocycles. The van der Waals surface area contributed by atoms with E-state index in [-0.39, 0.29) is 0 Å². The average Bonchev–Trinajstić information content (AvgIpc) is 3.01. The fourth-order valence-corrected chi connectivity index (χ4v) is 2.38. The van der Waals surface area contributed by atoms with Gasteiger partial charge in [0.1, 0.15) is 5.82 Å². The molecule has 0 unspecified atom stereocenters. The zero-order valence-electron chi connectivity index (χ0n) is 11.3.